The maximum atomic E-state index is 6.08. The lowest BCUT2D eigenvalue weighted by Gasteiger charge is -2.38. The third-order valence-corrected chi connectivity index (χ3v) is 4.35. The van der Waals surface area contributed by atoms with Crippen LogP contribution in [-0.2, 0) is 0 Å². The van der Waals surface area contributed by atoms with Crippen molar-refractivity contribution in [2.75, 3.05) is 6.54 Å². The first-order valence-electron chi connectivity index (χ1n) is 7.83. The number of hydrogen-bond donors (Lipinski definition) is 1. The van der Waals surface area contributed by atoms with E-state index in [2.05, 4.69) is 49.5 Å². The predicted octanol–water partition coefficient (Wildman–Crippen LogP) is 4.38. The van der Waals surface area contributed by atoms with Gasteiger partial charge in [0.2, 0.25) is 0 Å². The van der Waals surface area contributed by atoms with Gasteiger partial charge in [-0.15, -0.1) is 0 Å². The molecule has 0 spiro atoms. The van der Waals surface area contributed by atoms with Crippen LogP contribution in [0.25, 0.3) is 0 Å². The molecule has 1 heterocycles. The summed E-state index contributed by atoms with van der Waals surface area (Å²) in [4.78, 5) is 0. The van der Waals surface area contributed by atoms with Crippen LogP contribution in [0.5, 0.6) is 5.75 Å². The van der Waals surface area contributed by atoms with Gasteiger partial charge < -0.3 is 10.1 Å². The molecule has 0 radical (unpaired) electrons. The van der Waals surface area contributed by atoms with Crippen LogP contribution in [0, 0.1) is 0 Å². The highest BCUT2D eigenvalue weighted by molar-refractivity contribution is 5.38. The summed E-state index contributed by atoms with van der Waals surface area (Å²) < 4.78 is 6.08. The molecule has 2 nitrogen and oxygen atoms in total. The highest BCUT2D eigenvalue weighted by atomic mass is 16.5. The molecule has 0 bridgehead atoms. The summed E-state index contributed by atoms with van der Waals surface area (Å²) in [5, 5.41) is 3.74. The van der Waals surface area contributed by atoms with E-state index in [9.17, 15) is 0 Å². The van der Waals surface area contributed by atoms with Crippen LogP contribution in [0.1, 0.15) is 57.6 Å². The molecule has 1 N–H and O–H groups in total. The van der Waals surface area contributed by atoms with Gasteiger partial charge in [-0.2, -0.15) is 0 Å². The number of hydrogen-bond acceptors (Lipinski definition) is 2. The zero-order valence-electron chi connectivity index (χ0n) is 12.6. The van der Waals surface area contributed by atoms with Crippen molar-refractivity contribution in [3.05, 3.63) is 41.5 Å². The second-order valence-electron chi connectivity index (χ2n) is 6.62. The second kappa shape index (κ2) is 5.61. The number of benzene rings is 1. The lowest BCUT2D eigenvalue weighted by atomic mass is 9.89. The molecule has 0 amide bonds. The van der Waals surface area contributed by atoms with E-state index in [1.807, 2.05) is 0 Å². The van der Waals surface area contributed by atoms with Crippen molar-refractivity contribution < 1.29 is 4.74 Å². The quantitative estimate of drug-likeness (QED) is 0.821. The molecule has 1 atom stereocenters. The molecule has 108 valence electrons. The Labute approximate surface area is 122 Å². The Hall–Kier alpha value is -1.28. The fraction of sp³-hybridized carbons (Fsp3) is 0.556. The normalized spacial score (nSPS) is 23.9. The minimum absolute atomic E-state index is 0.0847. The first-order valence-corrected chi connectivity index (χ1v) is 7.83. The summed E-state index contributed by atoms with van der Waals surface area (Å²) in [6.45, 7) is 5.43. The summed E-state index contributed by atoms with van der Waals surface area (Å²) in [5.41, 5.74) is 2.86. The SMILES string of the molecule is CC1(C)CC(NCCC2=CCCC2)c2ccccc2O1. The van der Waals surface area contributed by atoms with Crippen molar-refractivity contribution in [2.24, 2.45) is 0 Å². The van der Waals surface area contributed by atoms with E-state index < -0.39 is 0 Å². The third-order valence-electron chi connectivity index (χ3n) is 4.35. The van der Waals surface area contributed by atoms with E-state index >= 15 is 0 Å². The molecule has 0 saturated carbocycles. The van der Waals surface area contributed by atoms with Gasteiger partial charge >= 0.3 is 0 Å². The van der Waals surface area contributed by atoms with Gasteiger partial charge in [-0.3, -0.25) is 0 Å². The third kappa shape index (κ3) is 3.06. The molecular weight excluding hydrogens is 246 g/mol. The molecule has 1 aromatic rings. The molecule has 2 aliphatic rings. The van der Waals surface area contributed by atoms with Crippen LogP contribution in [0.3, 0.4) is 0 Å². The molecule has 2 heteroatoms. The van der Waals surface area contributed by atoms with Crippen molar-refractivity contribution in [2.45, 2.75) is 57.6 Å². The van der Waals surface area contributed by atoms with Gasteiger partial charge in [0.15, 0.2) is 0 Å². The largest absolute Gasteiger partial charge is 0.487 e. The predicted molar refractivity (Wildman–Crippen MR) is 83.1 cm³/mol. The van der Waals surface area contributed by atoms with Gasteiger partial charge in [0.05, 0.1) is 0 Å². The van der Waals surface area contributed by atoms with Crippen LogP contribution in [0.2, 0.25) is 0 Å². The highest BCUT2D eigenvalue weighted by Crippen LogP contribution is 2.39. The molecule has 0 fully saturated rings. The molecule has 1 aliphatic heterocycles. The number of nitrogens with one attached hydrogen (secondary N) is 1. The topological polar surface area (TPSA) is 21.3 Å². The lowest BCUT2D eigenvalue weighted by Crippen LogP contribution is -2.39. The van der Waals surface area contributed by atoms with E-state index in [0.29, 0.717) is 6.04 Å². The minimum Gasteiger partial charge on any atom is -0.487 e. The number of fused-ring (bicyclic) bond motifs is 1. The van der Waals surface area contributed by atoms with Crippen molar-refractivity contribution in [1.29, 1.82) is 0 Å². The maximum Gasteiger partial charge on any atom is 0.124 e. The van der Waals surface area contributed by atoms with Gasteiger partial charge in [-0.1, -0.05) is 29.8 Å². The van der Waals surface area contributed by atoms with Gasteiger partial charge in [0.1, 0.15) is 11.4 Å². The summed E-state index contributed by atoms with van der Waals surface area (Å²) in [6, 6.07) is 8.86. The Balaban J connectivity index is 1.65. The van der Waals surface area contributed by atoms with Crippen LogP contribution >= 0.6 is 0 Å². The average molecular weight is 271 g/mol. The standard InChI is InChI=1S/C18H25NO/c1-18(2)13-16(15-9-5-6-10-17(15)20-18)19-12-11-14-7-3-4-8-14/h5-7,9-10,16,19H,3-4,8,11-13H2,1-2H3. The van der Waals surface area contributed by atoms with Gasteiger partial charge in [-0.05, 0) is 52.1 Å². The zero-order chi connectivity index (χ0) is 14.0. The van der Waals surface area contributed by atoms with Crippen LogP contribution in [0.15, 0.2) is 35.9 Å². The smallest absolute Gasteiger partial charge is 0.124 e. The van der Waals surface area contributed by atoms with E-state index in [1.54, 1.807) is 5.57 Å². The molecule has 1 aliphatic carbocycles. The van der Waals surface area contributed by atoms with E-state index in [-0.39, 0.29) is 5.60 Å². The Bertz CT molecular complexity index is 504. The molecule has 20 heavy (non-hydrogen) atoms. The number of para-hydroxylation sites is 1. The summed E-state index contributed by atoms with van der Waals surface area (Å²) in [5.74, 6) is 1.04. The van der Waals surface area contributed by atoms with Crippen LogP contribution < -0.4 is 10.1 Å². The molecule has 3 rings (SSSR count). The van der Waals surface area contributed by atoms with E-state index in [0.717, 1.165) is 18.7 Å². The second-order valence-corrected chi connectivity index (χ2v) is 6.62. The fourth-order valence-electron chi connectivity index (χ4n) is 3.36. The molecule has 1 aromatic carbocycles. The van der Waals surface area contributed by atoms with Crippen molar-refractivity contribution >= 4 is 0 Å². The fourth-order valence-corrected chi connectivity index (χ4v) is 3.36. The van der Waals surface area contributed by atoms with E-state index in [1.165, 1.54) is 31.2 Å². The monoisotopic (exact) mass is 271 g/mol. The van der Waals surface area contributed by atoms with Gasteiger partial charge in [0.25, 0.3) is 0 Å². The molecular formula is C18H25NO. The van der Waals surface area contributed by atoms with Gasteiger partial charge in [0, 0.05) is 18.0 Å². The Kier molecular flexibility index (Phi) is 3.84. The van der Waals surface area contributed by atoms with Crippen molar-refractivity contribution in [1.82, 2.24) is 5.32 Å². The number of ether oxygens (including phenoxy) is 1. The van der Waals surface area contributed by atoms with Crippen LogP contribution in [0.4, 0.5) is 0 Å². The average Bonchev–Trinajstić information content (AvgIpc) is 2.90. The van der Waals surface area contributed by atoms with Crippen molar-refractivity contribution in [3.8, 4) is 5.75 Å². The first kappa shape index (κ1) is 13.7. The molecule has 0 saturated heterocycles. The molecule has 0 aromatic heterocycles. The maximum absolute atomic E-state index is 6.08. The zero-order valence-corrected chi connectivity index (χ0v) is 12.6. The highest BCUT2D eigenvalue weighted by Gasteiger charge is 2.33. The van der Waals surface area contributed by atoms with Crippen LogP contribution in [-0.4, -0.2) is 12.1 Å². The van der Waals surface area contributed by atoms with Crippen molar-refractivity contribution in [3.63, 3.8) is 0 Å². The van der Waals surface area contributed by atoms with Gasteiger partial charge in [-0.25, -0.2) is 0 Å². The lowest BCUT2D eigenvalue weighted by molar-refractivity contribution is 0.0662. The summed E-state index contributed by atoms with van der Waals surface area (Å²) in [6.07, 6.45) is 8.58. The molecule has 1 unspecified atom stereocenters. The Morgan fingerprint density at radius 2 is 2.15 bits per heavy atom. The Morgan fingerprint density at radius 3 is 2.95 bits per heavy atom. The Morgan fingerprint density at radius 1 is 1.30 bits per heavy atom. The first-order chi connectivity index (χ1) is 9.64. The summed E-state index contributed by atoms with van der Waals surface area (Å²) >= 11 is 0. The number of allylic oxidation sites excluding steroid dienone is 1. The van der Waals surface area contributed by atoms with E-state index in [4.69, 9.17) is 4.74 Å². The minimum atomic E-state index is -0.0847. The summed E-state index contributed by atoms with van der Waals surface area (Å²) in [7, 11) is 0. The number of rotatable bonds is 4.